The van der Waals surface area contributed by atoms with E-state index in [4.69, 9.17) is 9.47 Å². The highest BCUT2D eigenvalue weighted by Gasteiger charge is 2.27. The van der Waals surface area contributed by atoms with Crippen molar-refractivity contribution in [2.45, 2.75) is 38.1 Å². The van der Waals surface area contributed by atoms with E-state index < -0.39 is 5.97 Å². The van der Waals surface area contributed by atoms with Gasteiger partial charge in [0.25, 0.3) is 5.91 Å². The van der Waals surface area contributed by atoms with E-state index in [0.29, 0.717) is 11.3 Å². The number of hydrogen-bond donors (Lipinski definition) is 0. The zero-order chi connectivity index (χ0) is 19.1. The van der Waals surface area contributed by atoms with Crippen LogP contribution in [0.5, 0.6) is 5.75 Å². The van der Waals surface area contributed by atoms with Gasteiger partial charge in [0.2, 0.25) is 0 Å². The summed E-state index contributed by atoms with van der Waals surface area (Å²) in [6.45, 7) is -0.276. The Morgan fingerprint density at radius 1 is 1.00 bits per heavy atom. The Kier molecular flexibility index (Phi) is 6.47. The third kappa shape index (κ3) is 4.88. The second-order valence-corrected chi connectivity index (χ2v) is 6.70. The summed E-state index contributed by atoms with van der Waals surface area (Å²) in [5, 5.41) is 0. The Morgan fingerprint density at radius 3 is 2.44 bits per heavy atom. The summed E-state index contributed by atoms with van der Waals surface area (Å²) >= 11 is 0. The monoisotopic (exact) mass is 367 g/mol. The molecule has 1 fully saturated rings. The minimum absolute atomic E-state index is 0.157. The molecule has 5 nitrogen and oxygen atoms in total. The topological polar surface area (TPSA) is 55.8 Å². The van der Waals surface area contributed by atoms with Crippen molar-refractivity contribution in [2.24, 2.45) is 0 Å². The lowest BCUT2D eigenvalue weighted by Gasteiger charge is -2.34. The van der Waals surface area contributed by atoms with Crippen molar-refractivity contribution in [1.29, 1.82) is 0 Å². The van der Waals surface area contributed by atoms with Gasteiger partial charge in [0.1, 0.15) is 5.75 Å². The second-order valence-electron chi connectivity index (χ2n) is 6.70. The van der Waals surface area contributed by atoms with Crippen molar-refractivity contribution in [3.8, 4) is 5.75 Å². The quantitative estimate of drug-likeness (QED) is 0.718. The first kappa shape index (κ1) is 19.0. The van der Waals surface area contributed by atoms with Crippen LogP contribution in [0.3, 0.4) is 0 Å². The molecule has 1 aliphatic carbocycles. The molecule has 2 aromatic rings. The number of esters is 1. The number of para-hydroxylation sites is 1. The molecule has 2 aromatic carbocycles. The molecule has 1 aliphatic rings. The molecular formula is C22H25NO4. The number of methoxy groups -OCH3 is 1. The molecule has 0 radical (unpaired) electrons. The van der Waals surface area contributed by atoms with Gasteiger partial charge in [-0.1, -0.05) is 43.5 Å². The molecule has 0 N–H and O–H groups in total. The van der Waals surface area contributed by atoms with Gasteiger partial charge >= 0.3 is 5.97 Å². The molecular weight excluding hydrogens is 342 g/mol. The van der Waals surface area contributed by atoms with Gasteiger partial charge in [-0.15, -0.1) is 0 Å². The predicted molar refractivity (Wildman–Crippen MR) is 104 cm³/mol. The van der Waals surface area contributed by atoms with Crippen molar-refractivity contribution in [3.05, 3.63) is 60.2 Å². The van der Waals surface area contributed by atoms with E-state index in [1.807, 2.05) is 30.3 Å². The maximum absolute atomic E-state index is 12.9. The molecule has 3 rings (SSSR count). The number of hydrogen-bond acceptors (Lipinski definition) is 4. The number of ether oxygens (including phenoxy) is 2. The smallest absolute Gasteiger partial charge is 0.338 e. The average molecular weight is 367 g/mol. The zero-order valence-corrected chi connectivity index (χ0v) is 15.6. The molecule has 1 amide bonds. The molecule has 5 heteroatoms. The number of rotatable bonds is 6. The Morgan fingerprint density at radius 2 is 1.74 bits per heavy atom. The van der Waals surface area contributed by atoms with Gasteiger partial charge in [-0.05, 0) is 43.2 Å². The third-order valence-corrected chi connectivity index (χ3v) is 4.88. The van der Waals surface area contributed by atoms with E-state index in [0.717, 1.165) is 31.4 Å². The van der Waals surface area contributed by atoms with Crippen molar-refractivity contribution in [2.75, 3.05) is 18.6 Å². The molecule has 27 heavy (non-hydrogen) atoms. The highest BCUT2D eigenvalue weighted by molar-refractivity contribution is 5.97. The molecule has 0 unspecified atom stereocenters. The Hall–Kier alpha value is -2.82. The predicted octanol–water partition coefficient (Wildman–Crippen LogP) is 4.22. The Bertz CT molecular complexity index is 769. The van der Waals surface area contributed by atoms with Gasteiger partial charge < -0.3 is 14.4 Å². The minimum atomic E-state index is -0.529. The van der Waals surface area contributed by atoms with Crippen LogP contribution >= 0.6 is 0 Å². The zero-order valence-electron chi connectivity index (χ0n) is 15.6. The third-order valence-electron chi connectivity index (χ3n) is 4.88. The second kappa shape index (κ2) is 9.21. The van der Waals surface area contributed by atoms with Gasteiger partial charge in [-0.25, -0.2) is 4.79 Å². The fraction of sp³-hybridized carbons (Fsp3) is 0.364. The molecule has 0 bridgehead atoms. The average Bonchev–Trinajstić information content (AvgIpc) is 2.74. The lowest BCUT2D eigenvalue weighted by atomic mass is 9.93. The van der Waals surface area contributed by atoms with E-state index in [2.05, 4.69) is 0 Å². The lowest BCUT2D eigenvalue weighted by Crippen LogP contribution is -2.43. The standard InChI is InChI=1S/C22H25NO4/c1-26-20-14-8-9-17(15-20)22(25)27-16-21(24)23(18-10-4-2-5-11-18)19-12-6-3-7-13-19/h2,4-5,8-11,14-15,19H,3,6-7,12-13,16H2,1H3. The highest BCUT2D eigenvalue weighted by Crippen LogP contribution is 2.27. The van der Waals surface area contributed by atoms with E-state index in [9.17, 15) is 9.59 Å². The van der Waals surface area contributed by atoms with Crippen molar-refractivity contribution in [3.63, 3.8) is 0 Å². The number of carbonyl (C=O) groups excluding carboxylic acids is 2. The summed E-state index contributed by atoms with van der Waals surface area (Å²) in [5.74, 6) is -0.146. The fourth-order valence-corrected chi connectivity index (χ4v) is 3.52. The van der Waals surface area contributed by atoms with Gasteiger partial charge in [-0.2, -0.15) is 0 Å². The van der Waals surface area contributed by atoms with Crippen LogP contribution in [-0.4, -0.2) is 31.6 Å². The lowest BCUT2D eigenvalue weighted by molar-refractivity contribution is -0.122. The maximum Gasteiger partial charge on any atom is 0.338 e. The summed E-state index contributed by atoms with van der Waals surface area (Å²) < 4.78 is 10.4. The van der Waals surface area contributed by atoms with Crippen LogP contribution in [-0.2, 0) is 9.53 Å². The number of nitrogens with zero attached hydrogens (tertiary/aromatic N) is 1. The number of amides is 1. The van der Waals surface area contributed by atoms with Crippen LogP contribution in [0.2, 0.25) is 0 Å². The van der Waals surface area contributed by atoms with Gasteiger partial charge in [-0.3, -0.25) is 4.79 Å². The largest absolute Gasteiger partial charge is 0.497 e. The Labute approximate surface area is 159 Å². The van der Waals surface area contributed by atoms with E-state index in [1.165, 1.54) is 13.5 Å². The molecule has 142 valence electrons. The van der Waals surface area contributed by atoms with Crippen molar-refractivity contribution >= 4 is 17.6 Å². The van der Waals surface area contributed by atoms with E-state index in [-0.39, 0.29) is 18.6 Å². The van der Waals surface area contributed by atoms with E-state index >= 15 is 0 Å². The van der Waals surface area contributed by atoms with Crippen LogP contribution in [0, 0.1) is 0 Å². The first-order valence-electron chi connectivity index (χ1n) is 9.37. The van der Waals surface area contributed by atoms with Crippen LogP contribution in [0.25, 0.3) is 0 Å². The number of anilines is 1. The van der Waals surface area contributed by atoms with Crippen molar-refractivity contribution < 1.29 is 19.1 Å². The summed E-state index contributed by atoms with van der Waals surface area (Å²) in [5.41, 5.74) is 1.22. The Balaban J connectivity index is 1.69. The van der Waals surface area contributed by atoms with Crippen LogP contribution in [0.15, 0.2) is 54.6 Å². The fourth-order valence-electron chi connectivity index (χ4n) is 3.52. The normalized spacial score (nSPS) is 14.4. The first-order chi connectivity index (χ1) is 13.2. The molecule has 0 atom stereocenters. The number of benzene rings is 2. The van der Waals surface area contributed by atoms with Crippen molar-refractivity contribution in [1.82, 2.24) is 0 Å². The molecule has 0 aliphatic heterocycles. The van der Waals surface area contributed by atoms with Crippen LogP contribution in [0.4, 0.5) is 5.69 Å². The molecule has 0 aromatic heterocycles. The van der Waals surface area contributed by atoms with Gasteiger partial charge in [0.05, 0.1) is 12.7 Å². The summed E-state index contributed by atoms with van der Waals surface area (Å²) in [4.78, 5) is 27.0. The summed E-state index contributed by atoms with van der Waals surface area (Å²) in [6.07, 6.45) is 5.39. The first-order valence-corrected chi connectivity index (χ1v) is 9.37. The van der Waals surface area contributed by atoms with Crippen LogP contribution < -0.4 is 9.64 Å². The minimum Gasteiger partial charge on any atom is -0.497 e. The SMILES string of the molecule is COc1cccc(C(=O)OCC(=O)N(c2ccccc2)C2CCCCC2)c1. The van der Waals surface area contributed by atoms with Crippen LogP contribution in [0.1, 0.15) is 42.5 Å². The summed E-state index contributed by atoms with van der Waals surface area (Å²) in [7, 11) is 1.54. The van der Waals surface area contributed by atoms with Gasteiger partial charge in [0.15, 0.2) is 6.61 Å². The molecule has 1 saturated carbocycles. The van der Waals surface area contributed by atoms with E-state index in [1.54, 1.807) is 29.2 Å². The summed E-state index contributed by atoms with van der Waals surface area (Å²) in [6, 6.07) is 16.5. The van der Waals surface area contributed by atoms with Gasteiger partial charge in [0, 0.05) is 11.7 Å². The molecule has 0 saturated heterocycles. The molecule has 0 heterocycles. The highest BCUT2D eigenvalue weighted by atomic mass is 16.5. The molecule has 0 spiro atoms. The number of carbonyl (C=O) groups is 2. The maximum atomic E-state index is 12.9.